The molecule has 0 aliphatic carbocycles. The number of ketones is 1. The molecule has 2 heterocycles. The molecule has 0 N–H and O–H groups in total. The van der Waals surface area contributed by atoms with Gasteiger partial charge in [-0.1, -0.05) is 6.92 Å². The summed E-state index contributed by atoms with van der Waals surface area (Å²) in [6, 6.07) is 5.45. The molecule has 0 unspecified atom stereocenters. The van der Waals surface area contributed by atoms with Crippen LogP contribution >= 0.6 is 0 Å². The number of carbonyl (C=O) groups is 2. The molecule has 0 saturated heterocycles. The van der Waals surface area contributed by atoms with Crippen molar-refractivity contribution in [3.05, 3.63) is 41.2 Å². The van der Waals surface area contributed by atoms with E-state index in [-0.39, 0.29) is 5.78 Å². The van der Waals surface area contributed by atoms with Crippen molar-refractivity contribution in [2.45, 2.75) is 20.3 Å². The highest BCUT2D eigenvalue weighted by atomic mass is 16.5. The van der Waals surface area contributed by atoms with Crippen molar-refractivity contribution in [3.63, 3.8) is 0 Å². The SMILES string of the molecule is CCc1ccn2c(C(C)=O)cc(C(=O)OC)c2c1. The van der Waals surface area contributed by atoms with E-state index in [9.17, 15) is 9.59 Å². The highest BCUT2D eigenvalue weighted by molar-refractivity contribution is 6.03. The zero-order valence-corrected chi connectivity index (χ0v) is 10.7. The van der Waals surface area contributed by atoms with E-state index < -0.39 is 5.97 Å². The average molecular weight is 245 g/mol. The second-order valence-electron chi connectivity index (χ2n) is 4.13. The zero-order chi connectivity index (χ0) is 13.3. The number of Topliss-reactive ketones (excluding diaryl/α,β-unsaturated/α-hetero) is 1. The van der Waals surface area contributed by atoms with Crippen LogP contribution in [0.4, 0.5) is 0 Å². The molecule has 2 aromatic rings. The van der Waals surface area contributed by atoms with Crippen LogP contribution in [0.1, 0.15) is 40.3 Å². The fraction of sp³-hybridized carbons (Fsp3) is 0.286. The molecule has 4 heteroatoms. The molecule has 0 aliphatic heterocycles. The van der Waals surface area contributed by atoms with Crippen LogP contribution in [0.5, 0.6) is 0 Å². The smallest absolute Gasteiger partial charge is 0.340 e. The van der Waals surface area contributed by atoms with Gasteiger partial charge in [-0.2, -0.15) is 0 Å². The van der Waals surface area contributed by atoms with Gasteiger partial charge < -0.3 is 9.14 Å². The summed E-state index contributed by atoms with van der Waals surface area (Å²) in [6.07, 6.45) is 2.69. The molecule has 0 aromatic carbocycles. The number of aryl methyl sites for hydroxylation is 1. The molecule has 0 amide bonds. The first-order valence-corrected chi connectivity index (χ1v) is 5.81. The average Bonchev–Trinajstić information content (AvgIpc) is 2.76. The first-order valence-electron chi connectivity index (χ1n) is 5.81. The molecule has 2 aromatic heterocycles. The number of ether oxygens (including phenoxy) is 1. The topological polar surface area (TPSA) is 47.8 Å². The van der Waals surface area contributed by atoms with Crippen LogP contribution in [0.3, 0.4) is 0 Å². The Bertz CT molecular complexity index is 625. The number of fused-ring (bicyclic) bond motifs is 1. The van der Waals surface area contributed by atoms with Gasteiger partial charge in [-0.3, -0.25) is 4.79 Å². The maximum Gasteiger partial charge on any atom is 0.340 e. The molecule has 4 nitrogen and oxygen atoms in total. The van der Waals surface area contributed by atoms with Crippen LogP contribution in [0.2, 0.25) is 0 Å². The largest absolute Gasteiger partial charge is 0.465 e. The van der Waals surface area contributed by atoms with Gasteiger partial charge in [0, 0.05) is 13.1 Å². The van der Waals surface area contributed by atoms with Gasteiger partial charge in [0.1, 0.15) is 0 Å². The summed E-state index contributed by atoms with van der Waals surface area (Å²) in [5, 5.41) is 0. The summed E-state index contributed by atoms with van der Waals surface area (Å²) in [5.74, 6) is -0.502. The highest BCUT2D eigenvalue weighted by Crippen LogP contribution is 2.20. The van der Waals surface area contributed by atoms with Gasteiger partial charge in [0.25, 0.3) is 0 Å². The van der Waals surface area contributed by atoms with Crippen LogP contribution < -0.4 is 0 Å². The van der Waals surface area contributed by atoms with E-state index in [1.54, 1.807) is 10.5 Å². The van der Waals surface area contributed by atoms with Crippen LogP contribution in [0, 0.1) is 0 Å². The lowest BCUT2D eigenvalue weighted by atomic mass is 10.1. The van der Waals surface area contributed by atoms with E-state index in [1.165, 1.54) is 14.0 Å². The summed E-state index contributed by atoms with van der Waals surface area (Å²) in [5.41, 5.74) is 2.75. The number of carbonyl (C=O) groups excluding carboxylic acids is 2. The summed E-state index contributed by atoms with van der Waals surface area (Å²) in [7, 11) is 1.34. The third-order valence-electron chi connectivity index (χ3n) is 3.01. The van der Waals surface area contributed by atoms with Crippen LogP contribution in [-0.2, 0) is 11.2 Å². The van der Waals surface area contributed by atoms with E-state index in [1.807, 2.05) is 25.3 Å². The maximum absolute atomic E-state index is 11.7. The van der Waals surface area contributed by atoms with Crippen molar-refractivity contribution in [3.8, 4) is 0 Å². The third kappa shape index (κ3) is 1.90. The first-order chi connectivity index (χ1) is 8.58. The van der Waals surface area contributed by atoms with Crippen LogP contribution in [0.25, 0.3) is 5.52 Å². The number of rotatable bonds is 3. The first kappa shape index (κ1) is 12.4. The van der Waals surface area contributed by atoms with E-state index in [0.29, 0.717) is 16.8 Å². The molecule has 0 spiro atoms. The van der Waals surface area contributed by atoms with Gasteiger partial charge in [0.2, 0.25) is 0 Å². The minimum atomic E-state index is -0.423. The Morgan fingerprint density at radius 2 is 2.06 bits per heavy atom. The van der Waals surface area contributed by atoms with Gasteiger partial charge >= 0.3 is 5.97 Å². The van der Waals surface area contributed by atoms with Gasteiger partial charge in [0.15, 0.2) is 5.78 Å². The predicted molar refractivity (Wildman–Crippen MR) is 68.1 cm³/mol. The Balaban J connectivity index is 2.76. The number of esters is 1. The standard InChI is InChI=1S/C14H15NO3/c1-4-10-5-6-15-12(9(2)16)8-11(13(15)7-10)14(17)18-3/h5-8H,4H2,1-3H3. The minimum Gasteiger partial charge on any atom is -0.465 e. The molecule has 2 rings (SSSR count). The molecule has 0 aliphatic rings. The number of nitrogens with zero attached hydrogens (tertiary/aromatic N) is 1. The summed E-state index contributed by atoms with van der Waals surface area (Å²) >= 11 is 0. The van der Waals surface area contributed by atoms with Crippen LogP contribution in [0.15, 0.2) is 24.4 Å². The second kappa shape index (κ2) is 4.64. The zero-order valence-electron chi connectivity index (χ0n) is 10.7. The van der Waals surface area contributed by atoms with Gasteiger partial charge in [-0.25, -0.2) is 4.79 Å². The summed E-state index contributed by atoms with van der Waals surface area (Å²) < 4.78 is 6.48. The Hall–Kier alpha value is -2.10. The predicted octanol–water partition coefficient (Wildman–Crippen LogP) is 2.49. The number of hydrogen-bond acceptors (Lipinski definition) is 3. The van der Waals surface area contributed by atoms with Gasteiger partial charge in [0.05, 0.1) is 23.9 Å². The Kier molecular flexibility index (Phi) is 3.19. The molecular formula is C14H15NO3. The Morgan fingerprint density at radius 3 is 2.61 bits per heavy atom. The van der Waals surface area contributed by atoms with Gasteiger partial charge in [-0.15, -0.1) is 0 Å². The van der Waals surface area contributed by atoms with Crippen molar-refractivity contribution in [2.24, 2.45) is 0 Å². The van der Waals surface area contributed by atoms with Crippen molar-refractivity contribution < 1.29 is 14.3 Å². The lowest BCUT2D eigenvalue weighted by Gasteiger charge is -2.03. The number of methoxy groups -OCH3 is 1. The molecule has 0 fully saturated rings. The normalized spacial score (nSPS) is 10.6. The number of hydrogen-bond donors (Lipinski definition) is 0. The lowest BCUT2D eigenvalue weighted by molar-refractivity contribution is 0.0603. The van der Waals surface area contributed by atoms with Crippen molar-refractivity contribution in [2.75, 3.05) is 7.11 Å². The van der Waals surface area contributed by atoms with E-state index >= 15 is 0 Å². The molecule has 0 bridgehead atoms. The Morgan fingerprint density at radius 1 is 1.33 bits per heavy atom. The fourth-order valence-corrected chi connectivity index (χ4v) is 2.01. The fourth-order valence-electron chi connectivity index (χ4n) is 2.01. The lowest BCUT2D eigenvalue weighted by Crippen LogP contribution is -2.00. The molecule has 0 saturated carbocycles. The third-order valence-corrected chi connectivity index (χ3v) is 3.01. The highest BCUT2D eigenvalue weighted by Gasteiger charge is 2.18. The van der Waals surface area contributed by atoms with Crippen molar-refractivity contribution >= 4 is 17.3 Å². The summed E-state index contributed by atoms with van der Waals surface area (Å²) in [6.45, 7) is 3.52. The molecular weight excluding hydrogens is 230 g/mol. The van der Waals surface area contributed by atoms with E-state index in [0.717, 1.165) is 12.0 Å². The van der Waals surface area contributed by atoms with Crippen LogP contribution in [-0.4, -0.2) is 23.3 Å². The Labute approximate surface area is 105 Å². The maximum atomic E-state index is 11.7. The van der Waals surface area contributed by atoms with Gasteiger partial charge in [-0.05, 0) is 30.2 Å². The minimum absolute atomic E-state index is 0.0793. The molecule has 94 valence electrons. The van der Waals surface area contributed by atoms with Crippen molar-refractivity contribution in [1.82, 2.24) is 4.40 Å². The second-order valence-corrected chi connectivity index (χ2v) is 4.13. The van der Waals surface area contributed by atoms with Crippen molar-refractivity contribution in [1.29, 1.82) is 0 Å². The number of pyridine rings is 1. The number of aromatic nitrogens is 1. The quantitative estimate of drug-likeness (QED) is 0.616. The monoisotopic (exact) mass is 245 g/mol. The van der Waals surface area contributed by atoms with E-state index in [2.05, 4.69) is 0 Å². The molecule has 18 heavy (non-hydrogen) atoms. The molecule has 0 atom stereocenters. The molecule has 0 radical (unpaired) electrons. The van der Waals surface area contributed by atoms with E-state index in [4.69, 9.17) is 4.74 Å². The summed E-state index contributed by atoms with van der Waals surface area (Å²) in [4.78, 5) is 23.3.